The summed E-state index contributed by atoms with van der Waals surface area (Å²) in [6.07, 6.45) is 8.10. The molecular weight excluding hydrogens is 184 g/mol. The second-order valence-electron chi connectivity index (χ2n) is 5.38. The maximum atomic E-state index is 5.75. The molecule has 0 heterocycles. The quantitative estimate of drug-likeness (QED) is 0.636. The Balaban J connectivity index is 1.99. The summed E-state index contributed by atoms with van der Waals surface area (Å²) in [5, 5.41) is 3.68. The molecule has 0 spiro atoms. The highest BCUT2D eigenvalue weighted by atomic mass is 14.9. The maximum Gasteiger partial charge on any atom is 0.0107 e. The maximum absolute atomic E-state index is 5.75. The van der Waals surface area contributed by atoms with Crippen LogP contribution in [0.5, 0.6) is 0 Å². The van der Waals surface area contributed by atoms with Gasteiger partial charge in [0.2, 0.25) is 0 Å². The molecule has 2 unspecified atom stereocenters. The molecule has 0 amide bonds. The predicted octanol–water partition coefficient (Wildman–Crippen LogP) is 2.53. The molecule has 0 aromatic carbocycles. The second-order valence-corrected chi connectivity index (χ2v) is 5.38. The molecule has 0 aliphatic heterocycles. The van der Waals surface area contributed by atoms with Gasteiger partial charge in [-0.3, -0.25) is 0 Å². The van der Waals surface area contributed by atoms with Crippen LogP contribution in [0.15, 0.2) is 0 Å². The molecule has 1 saturated carbocycles. The molecule has 2 atom stereocenters. The van der Waals surface area contributed by atoms with Crippen molar-refractivity contribution in [3.05, 3.63) is 0 Å². The van der Waals surface area contributed by atoms with Gasteiger partial charge in [-0.05, 0) is 44.2 Å². The minimum atomic E-state index is 0.717. The van der Waals surface area contributed by atoms with E-state index in [1.54, 1.807) is 0 Å². The van der Waals surface area contributed by atoms with Gasteiger partial charge >= 0.3 is 0 Å². The van der Waals surface area contributed by atoms with Crippen LogP contribution in [0.1, 0.15) is 52.4 Å². The van der Waals surface area contributed by atoms with Gasteiger partial charge in [-0.2, -0.15) is 0 Å². The van der Waals surface area contributed by atoms with Gasteiger partial charge in [-0.25, -0.2) is 0 Å². The first-order valence-electron chi connectivity index (χ1n) is 6.67. The average Bonchev–Trinajstić information content (AvgIpc) is 2.64. The Labute approximate surface area is 95.0 Å². The molecule has 1 fully saturated rings. The lowest BCUT2D eigenvalue weighted by molar-refractivity contribution is 0.398. The molecule has 0 aromatic heterocycles. The van der Waals surface area contributed by atoms with Gasteiger partial charge in [-0.15, -0.1) is 0 Å². The Kier molecular flexibility index (Phi) is 6.26. The van der Waals surface area contributed by atoms with Crippen molar-refractivity contribution >= 4 is 0 Å². The first kappa shape index (κ1) is 13.0. The van der Waals surface area contributed by atoms with Crippen LogP contribution in [0, 0.1) is 11.8 Å². The fraction of sp³-hybridized carbons (Fsp3) is 1.00. The molecule has 15 heavy (non-hydrogen) atoms. The van der Waals surface area contributed by atoms with Crippen LogP contribution in [0.2, 0.25) is 0 Å². The highest BCUT2D eigenvalue weighted by Crippen LogP contribution is 2.24. The molecule has 2 nitrogen and oxygen atoms in total. The Morgan fingerprint density at radius 2 is 2.07 bits per heavy atom. The SMILES string of the molecule is CC(C)CCCCNC1CCCC1CN. The molecule has 90 valence electrons. The summed E-state index contributed by atoms with van der Waals surface area (Å²) in [7, 11) is 0. The molecule has 1 rings (SSSR count). The Bertz CT molecular complexity index is 157. The van der Waals surface area contributed by atoms with Crippen LogP contribution < -0.4 is 11.1 Å². The fourth-order valence-corrected chi connectivity index (χ4v) is 2.55. The van der Waals surface area contributed by atoms with E-state index in [4.69, 9.17) is 5.73 Å². The van der Waals surface area contributed by atoms with Crippen molar-refractivity contribution in [2.24, 2.45) is 17.6 Å². The zero-order valence-corrected chi connectivity index (χ0v) is 10.5. The number of rotatable bonds is 7. The van der Waals surface area contributed by atoms with Gasteiger partial charge in [0.1, 0.15) is 0 Å². The highest BCUT2D eigenvalue weighted by molar-refractivity contribution is 4.83. The fourth-order valence-electron chi connectivity index (χ4n) is 2.55. The summed E-state index contributed by atoms with van der Waals surface area (Å²) in [6.45, 7) is 6.65. The van der Waals surface area contributed by atoms with Crippen molar-refractivity contribution in [1.29, 1.82) is 0 Å². The molecule has 2 heteroatoms. The Morgan fingerprint density at radius 1 is 1.27 bits per heavy atom. The number of hydrogen-bond acceptors (Lipinski definition) is 2. The smallest absolute Gasteiger partial charge is 0.0107 e. The van der Waals surface area contributed by atoms with E-state index in [0.29, 0.717) is 6.04 Å². The van der Waals surface area contributed by atoms with E-state index in [-0.39, 0.29) is 0 Å². The van der Waals surface area contributed by atoms with Crippen molar-refractivity contribution in [2.75, 3.05) is 13.1 Å². The van der Waals surface area contributed by atoms with E-state index in [1.807, 2.05) is 0 Å². The third kappa shape index (κ3) is 4.98. The number of unbranched alkanes of at least 4 members (excludes halogenated alkanes) is 1. The average molecular weight is 212 g/mol. The van der Waals surface area contributed by atoms with E-state index < -0.39 is 0 Å². The summed E-state index contributed by atoms with van der Waals surface area (Å²) < 4.78 is 0. The van der Waals surface area contributed by atoms with Gasteiger partial charge in [0.05, 0.1) is 0 Å². The van der Waals surface area contributed by atoms with Crippen molar-refractivity contribution in [1.82, 2.24) is 5.32 Å². The largest absolute Gasteiger partial charge is 0.330 e. The van der Waals surface area contributed by atoms with Gasteiger partial charge < -0.3 is 11.1 Å². The lowest BCUT2D eigenvalue weighted by Crippen LogP contribution is -2.36. The minimum Gasteiger partial charge on any atom is -0.330 e. The molecule has 3 N–H and O–H groups in total. The first-order valence-corrected chi connectivity index (χ1v) is 6.67. The number of hydrogen-bond donors (Lipinski definition) is 2. The number of nitrogens with one attached hydrogen (secondary N) is 1. The molecule has 0 bridgehead atoms. The van der Waals surface area contributed by atoms with Crippen LogP contribution >= 0.6 is 0 Å². The zero-order valence-electron chi connectivity index (χ0n) is 10.5. The van der Waals surface area contributed by atoms with Crippen molar-refractivity contribution in [2.45, 2.75) is 58.4 Å². The van der Waals surface area contributed by atoms with Crippen LogP contribution in [0.3, 0.4) is 0 Å². The van der Waals surface area contributed by atoms with E-state index in [9.17, 15) is 0 Å². The van der Waals surface area contributed by atoms with Crippen molar-refractivity contribution in [3.8, 4) is 0 Å². The highest BCUT2D eigenvalue weighted by Gasteiger charge is 2.24. The van der Waals surface area contributed by atoms with E-state index in [1.165, 1.54) is 45.1 Å². The lowest BCUT2D eigenvalue weighted by Gasteiger charge is -2.19. The van der Waals surface area contributed by atoms with Gasteiger partial charge in [0.25, 0.3) is 0 Å². The van der Waals surface area contributed by atoms with Crippen LogP contribution in [0.25, 0.3) is 0 Å². The summed E-state index contributed by atoms with van der Waals surface area (Å²) in [5.41, 5.74) is 5.75. The van der Waals surface area contributed by atoms with Gasteiger partial charge in [-0.1, -0.05) is 33.1 Å². The second kappa shape index (κ2) is 7.24. The minimum absolute atomic E-state index is 0.717. The standard InChI is InChI=1S/C13H28N2/c1-11(2)6-3-4-9-15-13-8-5-7-12(13)10-14/h11-13,15H,3-10,14H2,1-2H3. The Hall–Kier alpha value is -0.0800. The van der Waals surface area contributed by atoms with Crippen LogP contribution in [0.4, 0.5) is 0 Å². The van der Waals surface area contributed by atoms with E-state index >= 15 is 0 Å². The normalized spacial score (nSPS) is 26.4. The van der Waals surface area contributed by atoms with Crippen LogP contribution in [-0.4, -0.2) is 19.1 Å². The summed E-state index contributed by atoms with van der Waals surface area (Å²) in [6, 6.07) is 0.717. The number of nitrogens with two attached hydrogens (primary N) is 1. The van der Waals surface area contributed by atoms with Gasteiger partial charge in [0, 0.05) is 6.04 Å². The van der Waals surface area contributed by atoms with Crippen LogP contribution in [-0.2, 0) is 0 Å². The predicted molar refractivity (Wildman–Crippen MR) is 66.9 cm³/mol. The summed E-state index contributed by atoms with van der Waals surface area (Å²) in [4.78, 5) is 0. The molecule has 0 aromatic rings. The molecular formula is C13H28N2. The van der Waals surface area contributed by atoms with E-state index in [2.05, 4.69) is 19.2 Å². The Morgan fingerprint density at radius 3 is 2.73 bits per heavy atom. The van der Waals surface area contributed by atoms with Crippen molar-refractivity contribution in [3.63, 3.8) is 0 Å². The molecule has 0 radical (unpaired) electrons. The first-order chi connectivity index (χ1) is 7.24. The van der Waals surface area contributed by atoms with Gasteiger partial charge in [0.15, 0.2) is 0 Å². The van der Waals surface area contributed by atoms with Crippen molar-refractivity contribution < 1.29 is 0 Å². The lowest BCUT2D eigenvalue weighted by atomic mass is 10.0. The summed E-state index contributed by atoms with van der Waals surface area (Å²) in [5.74, 6) is 1.60. The molecule has 0 saturated heterocycles. The summed E-state index contributed by atoms with van der Waals surface area (Å²) >= 11 is 0. The third-order valence-corrected chi connectivity index (χ3v) is 3.58. The van der Waals surface area contributed by atoms with E-state index in [0.717, 1.165) is 18.4 Å². The monoisotopic (exact) mass is 212 g/mol. The zero-order chi connectivity index (χ0) is 11.1. The topological polar surface area (TPSA) is 38.0 Å². The molecule has 1 aliphatic carbocycles. The molecule has 1 aliphatic rings. The third-order valence-electron chi connectivity index (χ3n) is 3.58.